The highest BCUT2D eigenvalue weighted by Crippen LogP contribution is 2.21. The van der Waals surface area contributed by atoms with Crippen LogP contribution in [0.15, 0.2) is 17.8 Å². The van der Waals surface area contributed by atoms with Gasteiger partial charge in [-0.05, 0) is 19.4 Å². The zero-order valence-electron chi connectivity index (χ0n) is 10.2. The van der Waals surface area contributed by atoms with Crippen molar-refractivity contribution in [3.8, 4) is 0 Å². The fourth-order valence-electron chi connectivity index (χ4n) is 2.48. The van der Waals surface area contributed by atoms with Gasteiger partial charge in [0, 0.05) is 24.3 Å². The fourth-order valence-corrected chi connectivity index (χ4v) is 3.20. The molecule has 0 spiro atoms. The molecule has 5 nitrogen and oxygen atoms in total. The number of hydrogen-bond acceptors (Lipinski definition) is 5. The van der Waals surface area contributed by atoms with E-state index in [0.29, 0.717) is 6.54 Å². The summed E-state index contributed by atoms with van der Waals surface area (Å²) < 4.78 is 6.86. The van der Waals surface area contributed by atoms with Gasteiger partial charge in [0.1, 0.15) is 6.04 Å². The molecule has 1 aliphatic rings. The third-order valence-corrected chi connectivity index (χ3v) is 4.12. The van der Waals surface area contributed by atoms with Gasteiger partial charge in [-0.15, -0.1) is 11.3 Å². The summed E-state index contributed by atoms with van der Waals surface area (Å²) in [5.41, 5.74) is 1.01. The normalized spacial score (nSPS) is 20.6. The number of rotatable bonds is 3. The molecule has 3 heterocycles. The van der Waals surface area contributed by atoms with E-state index in [1.807, 2.05) is 22.2 Å². The van der Waals surface area contributed by atoms with E-state index in [2.05, 4.69) is 9.88 Å². The highest BCUT2D eigenvalue weighted by molar-refractivity contribution is 7.15. The summed E-state index contributed by atoms with van der Waals surface area (Å²) >= 11 is 1.62. The lowest BCUT2D eigenvalue weighted by molar-refractivity contribution is -0.146. The van der Waals surface area contributed by atoms with Crippen molar-refractivity contribution in [3.63, 3.8) is 0 Å². The first kappa shape index (κ1) is 11.7. The molecule has 96 valence electrons. The monoisotopic (exact) mass is 265 g/mol. The number of aromatic nitrogens is 2. The first-order valence-electron chi connectivity index (χ1n) is 6.01. The number of thiazole rings is 1. The van der Waals surface area contributed by atoms with E-state index < -0.39 is 0 Å². The summed E-state index contributed by atoms with van der Waals surface area (Å²) in [7, 11) is 1.45. The molecule has 1 saturated heterocycles. The molecule has 2 aromatic heterocycles. The van der Waals surface area contributed by atoms with Crippen molar-refractivity contribution in [2.45, 2.75) is 25.4 Å². The predicted octanol–water partition coefficient (Wildman–Crippen LogP) is 1.53. The molecule has 3 rings (SSSR count). The smallest absolute Gasteiger partial charge is 0.323 e. The van der Waals surface area contributed by atoms with Crippen LogP contribution in [0.3, 0.4) is 0 Å². The van der Waals surface area contributed by atoms with Crippen LogP contribution in [-0.2, 0) is 16.1 Å². The van der Waals surface area contributed by atoms with Gasteiger partial charge in [-0.2, -0.15) is 0 Å². The summed E-state index contributed by atoms with van der Waals surface area (Å²) in [6, 6.07) is -0.102. The molecular weight excluding hydrogens is 250 g/mol. The summed E-state index contributed by atoms with van der Waals surface area (Å²) in [6.07, 6.45) is 5.95. The number of carbonyl (C=O) groups is 1. The van der Waals surface area contributed by atoms with Gasteiger partial charge in [-0.1, -0.05) is 0 Å². The first-order valence-corrected chi connectivity index (χ1v) is 6.89. The first-order chi connectivity index (χ1) is 8.78. The van der Waals surface area contributed by atoms with Gasteiger partial charge in [-0.3, -0.25) is 14.1 Å². The summed E-state index contributed by atoms with van der Waals surface area (Å²) in [5, 5.41) is 2.01. The average Bonchev–Trinajstić information content (AvgIpc) is 3.03. The second kappa shape index (κ2) is 4.70. The second-order valence-corrected chi connectivity index (χ2v) is 5.35. The van der Waals surface area contributed by atoms with E-state index in [4.69, 9.17) is 4.74 Å². The molecule has 0 amide bonds. The van der Waals surface area contributed by atoms with E-state index in [0.717, 1.165) is 30.0 Å². The number of methoxy groups -OCH3 is 1. The van der Waals surface area contributed by atoms with Crippen LogP contribution in [0.5, 0.6) is 0 Å². The van der Waals surface area contributed by atoms with Crippen molar-refractivity contribution in [1.82, 2.24) is 14.3 Å². The quantitative estimate of drug-likeness (QED) is 0.790. The molecule has 0 N–H and O–H groups in total. The van der Waals surface area contributed by atoms with Gasteiger partial charge in [-0.25, -0.2) is 4.98 Å². The number of esters is 1. The summed E-state index contributed by atoms with van der Waals surface area (Å²) in [5.74, 6) is -0.131. The van der Waals surface area contributed by atoms with Crippen molar-refractivity contribution in [2.75, 3.05) is 13.7 Å². The molecule has 0 unspecified atom stereocenters. The topological polar surface area (TPSA) is 46.8 Å². The Balaban J connectivity index is 1.75. The molecule has 1 atom stereocenters. The van der Waals surface area contributed by atoms with Crippen molar-refractivity contribution in [3.05, 3.63) is 23.5 Å². The van der Waals surface area contributed by atoms with Gasteiger partial charge in [0.15, 0.2) is 4.96 Å². The van der Waals surface area contributed by atoms with E-state index in [9.17, 15) is 4.79 Å². The Morgan fingerprint density at radius 2 is 2.56 bits per heavy atom. The van der Waals surface area contributed by atoms with Crippen molar-refractivity contribution >= 4 is 22.3 Å². The lowest BCUT2D eigenvalue weighted by Gasteiger charge is -2.20. The number of fused-ring (bicyclic) bond motifs is 1. The molecule has 0 saturated carbocycles. The molecular formula is C12H15N3O2S. The standard InChI is InChI=1S/C12H15N3O2S/c1-17-11(16)10-3-2-4-14(10)7-9-8-15-5-6-18-12(15)13-9/h5-6,8,10H,2-4,7H2,1H3/t10-/m0/s1. The maximum Gasteiger partial charge on any atom is 0.323 e. The minimum atomic E-state index is -0.131. The molecule has 0 aliphatic carbocycles. The minimum absolute atomic E-state index is 0.102. The summed E-state index contributed by atoms with van der Waals surface area (Å²) in [6.45, 7) is 1.65. The third-order valence-electron chi connectivity index (χ3n) is 3.35. The Morgan fingerprint density at radius 3 is 3.33 bits per heavy atom. The SMILES string of the molecule is COC(=O)[C@@H]1CCCN1Cc1cn2ccsc2n1. The number of likely N-dealkylation sites (tertiary alicyclic amines) is 1. The third kappa shape index (κ3) is 2.02. The van der Waals surface area contributed by atoms with Crippen LogP contribution >= 0.6 is 11.3 Å². The second-order valence-electron chi connectivity index (χ2n) is 4.48. The van der Waals surface area contributed by atoms with Crippen molar-refractivity contribution in [1.29, 1.82) is 0 Å². The largest absolute Gasteiger partial charge is 0.468 e. The predicted molar refractivity (Wildman–Crippen MR) is 68.5 cm³/mol. The molecule has 1 aliphatic heterocycles. The van der Waals surface area contributed by atoms with Crippen LogP contribution in [0.2, 0.25) is 0 Å². The van der Waals surface area contributed by atoms with Crippen LogP contribution in [-0.4, -0.2) is 40.0 Å². The van der Waals surface area contributed by atoms with E-state index in [1.165, 1.54) is 7.11 Å². The molecule has 2 aromatic rings. The van der Waals surface area contributed by atoms with Crippen molar-refractivity contribution < 1.29 is 9.53 Å². The molecule has 6 heteroatoms. The lowest BCUT2D eigenvalue weighted by atomic mass is 10.2. The van der Waals surface area contributed by atoms with Gasteiger partial charge >= 0.3 is 5.97 Å². The van der Waals surface area contributed by atoms with E-state index >= 15 is 0 Å². The lowest BCUT2D eigenvalue weighted by Crippen LogP contribution is -2.36. The maximum absolute atomic E-state index is 11.6. The summed E-state index contributed by atoms with van der Waals surface area (Å²) in [4.78, 5) is 19.3. The number of carbonyl (C=O) groups excluding carboxylic acids is 1. The Hall–Kier alpha value is -1.40. The molecule has 0 radical (unpaired) electrons. The Bertz CT molecular complexity index is 534. The zero-order valence-corrected chi connectivity index (χ0v) is 11.0. The van der Waals surface area contributed by atoms with E-state index in [-0.39, 0.29) is 12.0 Å². The minimum Gasteiger partial charge on any atom is -0.468 e. The van der Waals surface area contributed by atoms with Crippen LogP contribution in [0.4, 0.5) is 0 Å². The molecule has 1 fully saturated rings. The van der Waals surface area contributed by atoms with Crippen LogP contribution in [0, 0.1) is 0 Å². The number of ether oxygens (including phenoxy) is 1. The Morgan fingerprint density at radius 1 is 1.67 bits per heavy atom. The zero-order chi connectivity index (χ0) is 12.5. The molecule has 0 bridgehead atoms. The molecule has 0 aromatic carbocycles. The Kier molecular flexibility index (Phi) is 3.05. The van der Waals surface area contributed by atoms with Crippen molar-refractivity contribution in [2.24, 2.45) is 0 Å². The number of imidazole rings is 1. The maximum atomic E-state index is 11.6. The number of hydrogen-bond donors (Lipinski definition) is 0. The van der Waals surface area contributed by atoms with E-state index in [1.54, 1.807) is 11.3 Å². The highest BCUT2D eigenvalue weighted by atomic mass is 32.1. The van der Waals surface area contributed by atoms with Crippen LogP contribution in [0.1, 0.15) is 18.5 Å². The molecule has 18 heavy (non-hydrogen) atoms. The van der Waals surface area contributed by atoms with Crippen LogP contribution in [0.25, 0.3) is 4.96 Å². The number of nitrogens with zero attached hydrogens (tertiary/aromatic N) is 3. The van der Waals surface area contributed by atoms with Gasteiger partial charge < -0.3 is 4.74 Å². The van der Waals surface area contributed by atoms with Crippen LogP contribution < -0.4 is 0 Å². The fraction of sp³-hybridized carbons (Fsp3) is 0.500. The highest BCUT2D eigenvalue weighted by Gasteiger charge is 2.31. The van der Waals surface area contributed by atoms with Gasteiger partial charge in [0.05, 0.1) is 12.8 Å². The van der Waals surface area contributed by atoms with Gasteiger partial charge in [0.25, 0.3) is 0 Å². The average molecular weight is 265 g/mol. The Labute approximate surface area is 109 Å². The van der Waals surface area contributed by atoms with Gasteiger partial charge in [0.2, 0.25) is 0 Å².